The lowest BCUT2D eigenvalue weighted by molar-refractivity contribution is -0.121. The van der Waals surface area contributed by atoms with E-state index in [0.717, 1.165) is 0 Å². The monoisotopic (exact) mass is 157 g/mol. The molecule has 0 aliphatic carbocycles. The molecule has 1 N–H and O–H groups in total. The second-order valence-electron chi connectivity index (χ2n) is 2.41. The topological polar surface area (TPSA) is 49.7 Å². The van der Waals surface area contributed by atoms with Crippen LogP contribution < -0.4 is 0 Å². The lowest BCUT2D eigenvalue weighted by Gasteiger charge is -2.12. The molecule has 0 aliphatic heterocycles. The normalized spacial score (nSPS) is 16.7. The summed E-state index contributed by atoms with van der Waals surface area (Å²) in [5.74, 6) is -0.0156. The number of rotatable bonds is 4. The molecular formula is C8H15NO2. The number of hydrogen-bond acceptors (Lipinski definition) is 3. The molecule has 0 saturated heterocycles. The summed E-state index contributed by atoms with van der Waals surface area (Å²) in [5, 5.41) is 9.11. The zero-order valence-corrected chi connectivity index (χ0v) is 7.24. The third kappa shape index (κ3) is 3.28. The van der Waals surface area contributed by atoms with E-state index in [4.69, 9.17) is 5.11 Å². The third-order valence-electron chi connectivity index (χ3n) is 1.44. The lowest BCUT2D eigenvalue weighted by atomic mass is 10.1. The van der Waals surface area contributed by atoms with Crippen LogP contribution in [-0.2, 0) is 4.79 Å². The van der Waals surface area contributed by atoms with Gasteiger partial charge in [-0.15, -0.1) is 0 Å². The highest BCUT2D eigenvalue weighted by Gasteiger charge is 2.19. The van der Waals surface area contributed by atoms with Gasteiger partial charge in [-0.2, -0.15) is 0 Å². The van der Waals surface area contributed by atoms with E-state index >= 15 is 0 Å². The number of aliphatic imine (C=N–C) groups is 1. The molecule has 0 unspecified atom stereocenters. The Hall–Kier alpha value is -0.700. The summed E-state index contributed by atoms with van der Waals surface area (Å²) in [5.41, 5.74) is 0. The molecule has 0 bridgehead atoms. The standard InChI is InChI=1S/C8H15NO2/c1-4-7(11)8(6(3)10)9-5-2/h5-6,8,10H,4H2,1-3H3/t6-,8+/m1/s1. The molecule has 0 aliphatic rings. The van der Waals surface area contributed by atoms with Crippen LogP contribution in [0.4, 0.5) is 0 Å². The fourth-order valence-electron chi connectivity index (χ4n) is 0.846. The van der Waals surface area contributed by atoms with Crippen molar-refractivity contribution < 1.29 is 9.90 Å². The Morgan fingerprint density at radius 3 is 2.55 bits per heavy atom. The highest BCUT2D eigenvalue weighted by atomic mass is 16.3. The molecule has 64 valence electrons. The summed E-state index contributed by atoms with van der Waals surface area (Å²) in [7, 11) is 0. The van der Waals surface area contributed by atoms with E-state index in [1.54, 1.807) is 27.0 Å². The first kappa shape index (κ1) is 10.3. The molecule has 3 nitrogen and oxygen atoms in total. The minimum Gasteiger partial charge on any atom is -0.391 e. The van der Waals surface area contributed by atoms with Gasteiger partial charge in [0.05, 0.1) is 6.10 Å². The van der Waals surface area contributed by atoms with E-state index in [1.807, 2.05) is 0 Å². The SMILES string of the molecule is CC=N[C@H](C(=O)CC)[C@@H](C)O. The summed E-state index contributed by atoms with van der Waals surface area (Å²) in [6.07, 6.45) is 1.29. The van der Waals surface area contributed by atoms with E-state index < -0.39 is 12.1 Å². The summed E-state index contributed by atoms with van der Waals surface area (Å²) in [6.45, 7) is 5.08. The van der Waals surface area contributed by atoms with Gasteiger partial charge in [-0.05, 0) is 20.1 Å². The Morgan fingerprint density at radius 2 is 2.27 bits per heavy atom. The van der Waals surface area contributed by atoms with Crippen molar-refractivity contribution in [1.82, 2.24) is 0 Å². The number of nitrogens with zero attached hydrogens (tertiary/aromatic N) is 1. The fraction of sp³-hybridized carbons (Fsp3) is 0.750. The van der Waals surface area contributed by atoms with Crippen LogP contribution in [0.5, 0.6) is 0 Å². The molecule has 0 fully saturated rings. The van der Waals surface area contributed by atoms with E-state index in [-0.39, 0.29) is 5.78 Å². The average Bonchev–Trinajstić information content (AvgIpc) is 1.98. The van der Waals surface area contributed by atoms with Crippen molar-refractivity contribution in [3.05, 3.63) is 0 Å². The molecule has 0 saturated carbocycles. The van der Waals surface area contributed by atoms with Crippen LogP contribution in [0.25, 0.3) is 0 Å². The zero-order chi connectivity index (χ0) is 8.85. The summed E-state index contributed by atoms with van der Waals surface area (Å²) in [6, 6.07) is -0.565. The number of hydrogen-bond donors (Lipinski definition) is 1. The molecule has 0 heterocycles. The van der Waals surface area contributed by atoms with Crippen LogP contribution in [0, 0.1) is 0 Å². The van der Waals surface area contributed by atoms with E-state index in [9.17, 15) is 4.79 Å². The maximum absolute atomic E-state index is 11.1. The third-order valence-corrected chi connectivity index (χ3v) is 1.44. The molecule has 0 aromatic carbocycles. The molecular weight excluding hydrogens is 142 g/mol. The molecule has 11 heavy (non-hydrogen) atoms. The van der Waals surface area contributed by atoms with E-state index in [0.29, 0.717) is 6.42 Å². The maximum atomic E-state index is 11.1. The number of aliphatic hydroxyl groups is 1. The Labute approximate surface area is 67.1 Å². The molecule has 2 atom stereocenters. The van der Waals surface area contributed by atoms with Crippen LogP contribution in [0.15, 0.2) is 4.99 Å². The Kier molecular flexibility index (Phi) is 4.70. The van der Waals surface area contributed by atoms with E-state index in [1.165, 1.54) is 0 Å². The largest absolute Gasteiger partial charge is 0.391 e. The van der Waals surface area contributed by atoms with Gasteiger partial charge in [0, 0.05) is 6.42 Å². The fourth-order valence-corrected chi connectivity index (χ4v) is 0.846. The zero-order valence-electron chi connectivity index (χ0n) is 7.24. The minimum atomic E-state index is -0.682. The van der Waals surface area contributed by atoms with Crippen molar-refractivity contribution in [2.45, 2.75) is 39.3 Å². The van der Waals surface area contributed by atoms with Crippen molar-refractivity contribution in [2.75, 3.05) is 0 Å². The second-order valence-corrected chi connectivity index (χ2v) is 2.41. The van der Waals surface area contributed by atoms with Gasteiger partial charge in [0.25, 0.3) is 0 Å². The number of carbonyl (C=O) groups excluding carboxylic acids is 1. The first-order valence-electron chi connectivity index (χ1n) is 3.82. The number of carbonyl (C=O) groups is 1. The predicted molar refractivity (Wildman–Crippen MR) is 44.9 cm³/mol. The first-order valence-corrected chi connectivity index (χ1v) is 3.82. The number of aliphatic hydroxyl groups excluding tert-OH is 1. The van der Waals surface area contributed by atoms with Crippen molar-refractivity contribution in [3.8, 4) is 0 Å². The molecule has 3 heteroatoms. The van der Waals surface area contributed by atoms with Gasteiger partial charge in [-0.3, -0.25) is 9.79 Å². The van der Waals surface area contributed by atoms with Crippen LogP contribution in [0.2, 0.25) is 0 Å². The van der Waals surface area contributed by atoms with Crippen LogP contribution in [0.3, 0.4) is 0 Å². The highest BCUT2D eigenvalue weighted by Crippen LogP contribution is 2.02. The molecule has 0 spiro atoms. The molecule has 0 rings (SSSR count). The Morgan fingerprint density at radius 1 is 1.73 bits per heavy atom. The van der Waals surface area contributed by atoms with Crippen molar-refractivity contribution in [2.24, 2.45) is 4.99 Å². The quantitative estimate of drug-likeness (QED) is 0.614. The van der Waals surface area contributed by atoms with Gasteiger partial charge >= 0.3 is 0 Å². The van der Waals surface area contributed by atoms with Gasteiger partial charge in [-0.1, -0.05) is 6.92 Å². The minimum absolute atomic E-state index is 0.0156. The van der Waals surface area contributed by atoms with Gasteiger partial charge in [-0.25, -0.2) is 0 Å². The molecule has 0 amide bonds. The molecule has 0 aromatic heterocycles. The maximum Gasteiger partial charge on any atom is 0.159 e. The summed E-state index contributed by atoms with van der Waals surface area (Å²) >= 11 is 0. The van der Waals surface area contributed by atoms with Crippen LogP contribution in [0.1, 0.15) is 27.2 Å². The van der Waals surface area contributed by atoms with Crippen LogP contribution >= 0.6 is 0 Å². The lowest BCUT2D eigenvalue weighted by Crippen LogP contribution is -2.29. The Bertz CT molecular complexity index is 152. The van der Waals surface area contributed by atoms with Gasteiger partial charge < -0.3 is 5.11 Å². The first-order chi connectivity index (χ1) is 5.13. The van der Waals surface area contributed by atoms with Gasteiger partial charge in [0.15, 0.2) is 5.78 Å². The summed E-state index contributed by atoms with van der Waals surface area (Å²) in [4.78, 5) is 14.9. The average molecular weight is 157 g/mol. The Balaban J connectivity index is 4.21. The summed E-state index contributed by atoms with van der Waals surface area (Å²) < 4.78 is 0. The van der Waals surface area contributed by atoms with Crippen molar-refractivity contribution in [3.63, 3.8) is 0 Å². The van der Waals surface area contributed by atoms with E-state index in [2.05, 4.69) is 4.99 Å². The second kappa shape index (κ2) is 5.02. The molecule has 0 radical (unpaired) electrons. The number of Topliss-reactive ketones (excluding diaryl/α,β-unsaturated/α-hetero) is 1. The molecule has 0 aromatic rings. The van der Waals surface area contributed by atoms with Crippen molar-refractivity contribution >= 4 is 12.0 Å². The highest BCUT2D eigenvalue weighted by molar-refractivity contribution is 5.85. The van der Waals surface area contributed by atoms with Gasteiger partial charge in [0.2, 0.25) is 0 Å². The number of ketones is 1. The van der Waals surface area contributed by atoms with Crippen molar-refractivity contribution in [1.29, 1.82) is 0 Å². The van der Waals surface area contributed by atoms with Gasteiger partial charge in [0.1, 0.15) is 6.04 Å². The smallest absolute Gasteiger partial charge is 0.159 e. The van der Waals surface area contributed by atoms with Crippen LogP contribution in [-0.4, -0.2) is 29.3 Å². The predicted octanol–water partition coefficient (Wildman–Crippen LogP) is 0.806.